The molecule has 0 amide bonds. The summed E-state index contributed by atoms with van der Waals surface area (Å²) in [5.74, 6) is 0. The van der Waals surface area contributed by atoms with E-state index in [0.29, 0.717) is 0 Å². The SMILES string of the molecule is CC.CC.CC.CC.CC.CC.CC.CC.CC.CC.CC.CC.CC.CC.CC.CC.CC.CC.CCC.CCC.CCC.CCC.CCC.CCC.c1ccccc1.c1ccccc1.c1ccccc1.c1ccccc1.c1ccccc1.c1ccccc1.c1ccccc1.c1ccccc1.c1ccccc1.c1ccccc1. The largest absolute Gasteiger partial charge is 0.0683 e. The van der Waals surface area contributed by atoms with Gasteiger partial charge in [0.2, 0.25) is 0 Å². The van der Waals surface area contributed by atoms with Gasteiger partial charge < -0.3 is 0 Å². The van der Waals surface area contributed by atoms with Crippen LogP contribution < -0.4 is 0 Å². The minimum absolute atomic E-state index is 1.25. The molecule has 10 rings (SSSR count). The maximum Gasteiger partial charge on any atom is -0.0590 e. The van der Waals surface area contributed by atoms with Crippen LogP contribution in [0.4, 0.5) is 0 Å². The fourth-order valence-electron chi connectivity index (χ4n) is 3.85. The van der Waals surface area contributed by atoms with Crippen LogP contribution in [0.3, 0.4) is 0 Å². The molecule has 10 aromatic rings. The van der Waals surface area contributed by atoms with Gasteiger partial charge in [-0.2, -0.15) is 0 Å². The average Bonchev–Trinajstić information content (AvgIpc) is 4.03. The fourth-order valence-corrected chi connectivity index (χ4v) is 3.85. The van der Waals surface area contributed by atoms with Gasteiger partial charge in [0.15, 0.2) is 0 Å². The Morgan fingerprint density at radius 2 is 0.0702 bits per heavy atom. The van der Waals surface area contributed by atoms with E-state index in [4.69, 9.17) is 0 Å². The molecule has 0 saturated heterocycles. The van der Waals surface area contributed by atoms with Crippen LogP contribution in [0, 0.1) is 0 Å². The summed E-state index contributed by atoms with van der Waals surface area (Å²) in [6.07, 6.45) is 7.50. The van der Waals surface area contributed by atoms with Crippen molar-refractivity contribution in [1.82, 2.24) is 0 Å². The summed E-state index contributed by atoms with van der Waals surface area (Å²) >= 11 is 0. The lowest BCUT2D eigenvalue weighted by Crippen LogP contribution is -1.47. The molecule has 0 nitrogen and oxygen atoms in total. The first-order valence-corrected chi connectivity index (χ1v) is 46.5. The lowest BCUT2D eigenvalue weighted by Gasteiger charge is -1.69. The summed E-state index contributed by atoms with van der Waals surface area (Å²) in [5.41, 5.74) is 0. The molecule has 0 saturated carbocycles. The van der Waals surface area contributed by atoms with Crippen LogP contribution in [-0.4, -0.2) is 0 Å². The van der Waals surface area contributed by atoms with E-state index in [-0.39, 0.29) is 0 Å². The second kappa shape index (κ2) is 337. The van der Waals surface area contributed by atoms with Crippen molar-refractivity contribution in [2.75, 3.05) is 0 Å². The zero-order chi connectivity index (χ0) is 94.7. The predicted octanol–water partition coefficient (Wildman–Crippen LogP) is 43.8. The predicted molar refractivity (Wildman–Crippen MR) is 564 cm³/mol. The standard InChI is InChI=1S/10C6H6.6C3H8.18C2H6/c10*1-2-4-6-5-3-1;6*1-3-2;18*1-2/h10*1-6H;6*3H2,1-2H3;18*1-2H3. The van der Waals surface area contributed by atoms with Crippen molar-refractivity contribution in [2.45, 2.75) is 371 Å². The quantitative estimate of drug-likeness (QED) is 0.142. The maximum absolute atomic E-state index is 2.12. The van der Waals surface area contributed by atoms with E-state index in [1.165, 1.54) is 38.5 Å². The summed E-state index contributed by atoms with van der Waals surface area (Å²) in [4.78, 5) is 0. The number of rotatable bonds is 0. The molecule has 0 heterocycles. The molecule has 0 aromatic heterocycles. The van der Waals surface area contributed by atoms with Crippen LogP contribution in [0.15, 0.2) is 364 Å². The number of hydrogen-bond donors (Lipinski definition) is 0. The Balaban J connectivity index is -0.0000000337. The maximum atomic E-state index is 2.12. The van der Waals surface area contributed by atoms with Gasteiger partial charge in [0.25, 0.3) is 0 Å². The summed E-state index contributed by atoms with van der Waals surface area (Å²) in [6.45, 7) is 97.5. The molecular formula is C114H216. The Kier molecular flexibility index (Phi) is 515. The second-order valence-electron chi connectivity index (χ2n) is 15.8. The molecule has 0 unspecified atom stereocenters. The first-order chi connectivity index (χ1) is 56.5. The Hall–Kier alpha value is -7.80. The minimum Gasteiger partial charge on any atom is -0.0683 e. The van der Waals surface area contributed by atoms with Gasteiger partial charge >= 0.3 is 0 Å². The first-order valence-electron chi connectivity index (χ1n) is 46.5. The van der Waals surface area contributed by atoms with Crippen molar-refractivity contribution in [3.05, 3.63) is 364 Å². The molecule has 0 spiro atoms. The van der Waals surface area contributed by atoms with Crippen LogP contribution in [0.1, 0.15) is 371 Å². The van der Waals surface area contributed by atoms with E-state index in [1.54, 1.807) is 0 Å². The smallest absolute Gasteiger partial charge is 0.0590 e. The van der Waals surface area contributed by atoms with Crippen LogP contribution in [0.2, 0.25) is 0 Å². The monoisotopic (exact) mass is 1590 g/mol. The molecule has 0 aliphatic heterocycles. The lowest BCUT2D eigenvalue weighted by molar-refractivity contribution is 1.09. The Labute approximate surface area is 730 Å². The number of hydrogen-bond acceptors (Lipinski definition) is 0. The third kappa shape index (κ3) is 407. The Morgan fingerprint density at radius 1 is 0.0614 bits per heavy atom. The number of benzene rings is 10. The second-order valence-corrected chi connectivity index (χ2v) is 15.8. The normalized spacial score (nSPS) is 6.11. The molecular weight excluding hydrogens is 1370 g/mol. The van der Waals surface area contributed by atoms with Crippen molar-refractivity contribution < 1.29 is 0 Å². The van der Waals surface area contributed by atoms with Gasteiger partial charge in [0.1, 0.15) is 0 Å². The van der Waals surface area contributed by atoms with Crippen molar-refractivity contribution in [2.24, 2.45) is 0 Å². The highest BCUT2D eigenvalue weighted by atomic mass is 13.7. The zero-order valence-corrected chi connectivity index (χ0v) is 86.9. The molecule has 0 heteroatoms. The van der Waals surface area contributed by atoms with Crippen LogP contribution in [0.25, 0.3) is 0 Å². The molecule has 0 aliphatic rings. The molecule has 0 N–H and O–H groups in total. The Bertz CT molecular complexity index is 1330. The van der Waals surface area contributed by atoms with Gasteiger partial charge in [-0.15, -0.1) is 0 Å². The summed E-state index contributed by atoms with van der Waals surface area (Å²) in [5, 5.41) is 0. The average molecular weight is 1590 g/mol. The van der Waals surface area contributed by atoms with Crippen molar-refractivity contribution in [1.29, 1.82) is 0 Å². The van der Waals surface area contributed by atoms with E-state index in [9.17, 15) is 0 Å². The van der Waals surface area contributed by atoms with Crippen LogP contribution in [0.5, 0.6) is 0 Å². The molecule has 672 valence electrons. The molecule has 10 aromatic carbocycles. The van der Waals surface area contributed by atoms with E-state index < -0.39 is 0 Å². The molecule has 114 heavy (non-hydrogen) atoms. The highest BCUT2D eigenvalue weighted by molar-refractivity contribution is 5.04. The van der Waals surface area contributed by atoms with Gasteiger partial charge in [-0.1, -0.05) is 735 Å². The van der Waals surface area contributed by atoms with E-state index in [1.807, 2.05) is 613 Å². The topological polar surface area (TPSA) is 0 Å². The highest BCUT2D eigenvalue weighted by Gasteiger charge is 1.64. The van der Waals surface area contributed by atoms with Gasteiger partial charge in [0, 0.05) is 0 Å². The highest BCUT2D eigenvalue weighted by Crippen LogP contribution is 1.86. The molecule has 0 aliphatic carbocycles. The van der Waals surface area contributed by atoms with E-state index in [2.05, 4.69) is 83.1 Å². The van der Waals surface area contributed by atoms with Gasteiger partial charge in [-0.25, -0.2) is 0 Å². The molecule has 0 bridgehead atoms. The molecule has 0 atom stereocenters. The third-order valence-corrected chi connectivity index (χ3v) is 6.67. The van der Waals surface area contributed by atoms with Gasteiger partial charge in [0.05, 0.1) is 0 Å². The fraction of sp³-hybridized carbons (Fsp3) is 0.474. The first kappa shape index (κ1) is 174. The van der Waals surface area contributed by atoms with Gasteiger partial charge in [-0.05, 0) is 0 Å². The van der Waals surface area contributed by atoms with Crippen LogP contribution in [-0.2, 0) is 0 Å². The summed E-state index contributed by atoms with van der Waals surface area (Å²) in [7, 11) is 0. The van der Waals surface area contributed by atoms with Crippen LogP contribution >= 0.6 is 0 Å². The zero-order valence-electron chi connectivity index (χ0n) is 86.9. The lowest BCUT2D eigenvalue weighted by atomic mass is 10.4. The Morgan fingerprint density at radius 3 is 0.0789 bits per heavy atom. The third-order valence-electron chi connectivity index (χ3n) is 6.67. The molecule has 0 radical (unpaired) electrons. The summed E-state index contributed by atoms with van der Waals surface area (Å²) in [6, 6.07) is 120. The van der Waals surface area contributed by atoms with Crippen molar-refractivity contribution in [3.63, 3.8) is 0 Å². The molecule has 0 fully saturated rings. The van der Waals surface area contributed by atoms with E-state index in [0.717, 1.165) is 0 Å². The van der Waals surface area contributed by atoms with E-state index >= 15 is 0 Å². The summed E-state index contributed by atoms with van der Waals surface area (Å²) < 4.78 is 0. The van der Waals surface area contributed by atoms with Crippen molar-refractivity contribution in [3.8, 4) is 0 Å². The van der Waals surface area contributed by atoms with Crippen molar-refractivity contribution >= 4 is 0 Å². The minimum atomic E-state index is 1.25. The van der Waals surface area contributed by atoms with Gasteiger partial charge in [-0.3, -0.25) is 0 Å².